The van der Waals surface area contributed by atoms with Crippen molar-refractivity contribution in [3.05, 3.63) is 27.2 Å². The molecule has 0 fully saturated rings. The summed E-state index contributed by atoms with van der Waals surface area (Å²) in [5, 5.41) is 10.2. The second kappa shape index (κ2) is 3.61. The summed E-state index contributed by atoms with van der Waals surface area (Å²) in [6.07, 6.45) is 2.56. The molecule has 3 N–H and O–H groups in total. The van der Waals surface area contributed by atoms with Crippen LogP contribution in [0.1, 0.15) is 17.5 Å². The molecule has 0 aromatic heterocycles. The van der Waals surface area contributed by atoms with Crippen molar-refractivity contribution < 1.29 is 5.11 Å². The van der Waals surface area contributed by atoms with Crippen molar-refractivity contribution in [1.82, 2.24) is 0 Å². The lowest BCUT2D eigenvalue weighted by Gasteiger charge is -2.23. The summed E-state index contributed by atoms with van der Waals surface area (Å²) in [6, 6.07) is 1.92. The maximum absolute atomic E-state index is 9.54. The van der Waals surface area contributed by atoms with Gasteiger partial charge in [0.25, 0.3) is 0 Å². The van der Waals surface area contributed by atoms with Gasteiger partial charge in [-0.2, -0.15) is 0 Å². The first-order valence-electron chi connectivity index (χ1n) is 4.54. The van der Waals surface area contributed by atoms with Gasteiger partial charge in [0.1, 0.15) is 0 Å². The Morgan fingerprint density at radius 1 is 1.43 bits per heavy atom. The molecule has 1 aromatic carbocycles. The summed E-state index contributed by atoms with van der Waals surface area (Å²) in [6.45, 7) is 0. The minimum absolute atomic E-state index is 0.0267. The van der Waals surface area contributed by atoms with Crippen LogP contribution in [0, 0.1) is 0 Å². The van der Waals surface area contributed by atoms with Gasteiger partial charge in [-0.15, -0.1) is 0 Å². The highest BCUT2D eigenvalue weighted by Crippen LogP contribution is 2.39. The van der Waals surface area contributed by atoms with E-state index in [0.717, 1.165) is 30.4 Å². The Hall–Kier alpha value is -0.440. The fourth-order valence-corrected chi connectivity index (χ4v) is 2.42. The number of benzene rings is 1. The first-order chi connectivity index (χ1) is 6.59. The van der Waals surface area contributed by atoms with Gasteiger partial charge in [-0.1, -0.05) is 23.2 Å². The Morgan fingerprint density at radius 2 is 2.14 bits per heavy atom. The van der Waals surface area contributed by atoms with Gasteiger partial charge in [-0.25, -0.2) is 0 Å². The van der Waals surface area contributed by atoms with E-state index < -0.39 is 0 Å². The van der Waals surface area contributed by atoms with E-state index in [0.29, 0.717) is 10.0 Å². The monoisotopic (exact) mass is 231 g/mol. The van der Waals surface area contributed by atoms with Crippen LogP contribution in [0.25, 0.3) is 0 Å². The van der Waals surface area contributed by atoms with Crippen molar-refractivity contribution in [3.63, 3.8) is 0 Å². The molecular formula is C10H11Cl2NO. The number of hydrogen-bond donors (Lipinski definition) is 2. The maximum Gasteiger partial charge on any atom is 0.153 e. The van der Waals surface area contributed by atoms with Gasteiger partial charge in [0.15, 0.2) is 5.75 Å². The zero-order valence-corrected chi connectivity index (χ0v) is 9.07. The number of halogens is 2. The largest absolute Gasteiger partial charge is 0.505 e. The first-order valence-corrected chi connectivity index (χ1v) is 5.29. The molecule has 2 rings (SSSR count). The Bertz CT molecular complexity index is 379. The maximum atomic E-state index is 9.54. The van der Waals surface area contributed by atoms with E-state index in [1.54, 1.807) is 6.07 Å². The zero-order valence-electron chi connectivity index (χ0n) is 7.56. The number of fused-ring (bicyclic) bond motifs is 1. The lowest BCUT2D eigenvalue weighted by molar-refractivity contribution is 0.472. The number of aromatic hydroxyl groups is 1. The van der Waals surface area contributed by atoms with Gasteiger partial charge in [-0.3, -0.25) is 0 Å². The van der Waals surface area contributed by atoms with Crippen molar-refractivity contribution in [2.24, 2.45) is 5.73 Å². The van der Waals surface area contributed by atoms with Gasteiger partial charge in [0, 0.05) is 6.04 Å². The average Bonchev–Trinajstić information content (AvgIpc) is 2.16. The SMILES string of the molecule is NC1CCc2cc(Cl)c(O)c(Cl)c2C1. The molecule has 2 nitrogen and oxygen atoms in total. The third-order valence-corrected chi connectivity index (χ3v) is 3.33. The minimum Gasteiger partial charge on any atom is -0.505 e. The number of hydrogen-bond acceptors (Lipinski definition) is 2. The van der Waals surface area contributed by atoms with Crippen LogP contribution in [0.2, 0.25) is 10.0 Å². The predicted octanol–water partition coefficient (Wildman–Crippen LogP) is 2.52. The lowest BCUT2D eigenvalue weighted by Crippen LogP contribution is -2.28. The van der Waals surface area contributed by atoms with Crippen molar-refractivity contribution in [2.75, 3.05) is 0 Å². The molecule has 1 atom stereocenters. The van der Waals surface area contributed by atoms with Crippen LogP contribution in [0.3, 0.4) is 0 Å². The third kappa shape index (κ3) is 1.58. The van der Waals surface area contributed by atoms with Crippen LogP contribution in [0.15, 0.2) is 6.07 Å². The van der Waals surface area contributed by atoms with Crippen molar-refractivity contribution in [1.29, 1.82) is 0 Å². The summed E-state index contributed by atoms with van der Waals surface area (Å²) in [5.74, 6) is -0.0267. The van der Waals surface area contributed by atoms with Crippen LogP contribution < -0.4 is 5.73 Å². The van der Waals surface area contributed by atoms with E-state index in [4.69, 9.17) is 28.9 Å². The van der Waals surface area contributed by atoms with E-state index in [-0.39, 0.29) is 11.8 Å². The Kier molecular flexibility index (Phi) is 2.60. The first kappa shape index (κ1) is 10.1. The van der Waals surface area contributed by atoms with E-state index in [1.165, 1.54) is 0 Å². The Labute approximate surface area is 92.6 Å². The molecule has 76 valence electrons. The molecule has 0 saturated carbocycles. The molecule has 1 aliphatic rings. The van der Waals surface area contributed by atoms with Gasteiger partial charge < -0.3 is 10.8 Å². The second-order valence-electron chi connectivity index (χ2n) is 3.66. The Morgan fingerprint density at radius 3 is 2.86 bits per heavy atom. The fourth-order valence-electron chi connectivity index (χ4n) is 1.85. The summed E-state index contributed by atoms with van der Waals surface area (Å²) < 4.78 is 0. The molecule has 0 amide bonds. The van der Waals surface area contributed by atoms with Gasteiger partial charge in [-0.05, 0) is 36.5 Å². The van der Waals surface area contributed by atoms with Crippen molar-refractivity contribution in [3.8, 4) is 5.75 Å². The molecule has 1 unspecified atom stereocenters. The van der Waals surface area contributed by atoms with Gasteiger partial charge in [0.05, 0.1) is 10.0 Å². The van der Waals surface area contributed by atoms with Gasteiger partial charge >= 0.3 is 0 Å². The molecule has 0 heterocycles. The molecule has 0 saturated heterocycles. The Balaban J connectivity index is 2.55. The molecule has 4 heteroatoms. The minimum atomic E-state index is -0.0267. The highest BCUT2D eigenvalue weighted by Gasteiger charge is 2.21. The molecule has 14 heavy (non-hydrogen) atoms. The lowest BCUT2D eigenvalue weighted by atomic mass is 9.88. The van der Waals surface area contributed by atoms with Crippen LogP contribution in [-0.4, -0.2) is 11.1 Å². The molecule has 0 aliphatic heterocycles. The second-order valence-corrected chi connectivity index (χ2v) is 4.45. The van der Waals surface area contributed by atoms with Crippen molar-refractivity contribution in [2.45, 2.75) is 25.3 Å². The smallest absolute Gasteiger partial charge is 0.153 e. The van der Waals surface area contributed by atoms with Crippen LogP contribution >= 0.6 is 23.2 Å². The van der Waals surface area contributed by atoms with E-state index >= 15 is 0 Å². The summed E-state index contributed by atoms with van der Waals surface area (Å²) in [5.41, 5.74) is 7.90. The predicted molar refractivity (Wildman–Crippen MR) is 58.1 cm³/mol. The van der Waals surface area contributed by atoms with Crippen LogP contribution in [0.5, 0.6) is 5.75 Å². The van der Waals surface area contributed by atoms with Crippen LogP contribution in [-0.2, 0) is 12.8 Å². The molecular weight excluding hydrogens is 221 g/mol. The molecule has 0 spiro atoms. The molecule has 1 aliphatic carbocycles. The molecule has 1 aromatic rings. The molecule has 0 radical (unpaired) electrons. The zero-order chi connectivity index (χ0) is 10.3. The van der Waals surface area contributed by atoms with Crippen molar-refractivity contribution >= 4 is 23.2 Å². The normalized spacial score (nSPS) is 20.6. The van der Waals surface area contributed by atoms with E-state index in [9.17, 15) is 5.11 Å². The topological polar surface area (TPSA) is 46.2 Å². The average molecular weight is 232 g/mol. The summed E-state index contributed by atoms with van der Waals surface area (Å²) >= 11 is 11.8. The summed E-state index contributed by atoms with van der Waals surface area (Å²) in [7, 11) is 0. The standard InChI is InChI=1S/C10H11Cl2NO/c11-8-3-5-1-2-6(13)4-7(5)9(12)10(8)14/h3,6,14H,1-2,4,13H2. The third-order valence-electron chi connectivity index (χ3n) is 2.64. The summed E-state index contributed by atoms with van der Waals surface area (Å²) in [4.78, 5) is 0. The number of aryl methyl sites for hydroxylation is 1. The fraction of sp³-hybridized carbons (Fsp3) is 0.400. The van der Waals surface area contributed by atoms with E-state index in [2.05, 4.69) is 0 Å². The number of rotatable bonds is 0. The number of phenolic OH excluding ortho intramolecular Hbond substituents is 1. The number of nitrogens with two attached hydrogens (primary N) is 1. The van der Waals surface area contributed by atoms with Gasteiger partial charge in [0.2, 0.25) is 0 Å². The van der Waals surface area contributed by atoms with Crippen LogP contribution in [0.4, 0.5) is 0 Å². The highest BCUT2D eigenvalue weighted by molar-refractivity contribution is 6.37. The van der Waals surface area contributed by atoms with E-state index in [1.807, 2.05) is 0 Å². The highest BCUT2D eigenvalue weighted by atomic mass is 35.5. The number of phenols is 1. The molecule has 0 bridgehead atoms. The quantitative estimate of drug-likeness (QED) is 0.721.